The van der Waals surface area contributed by atoms with Gasteiger partial charge in [0.05, 0.1) is 24.6 Å². The Hall–Kier alpha value is -2.91. The third-order valence-electron chi connectivity index (χ3n) is 2.96. The SMILES string of the molecule is O=C(NCc1nnc2cc(C(F)(F)F)ccn12)c1cnc[nH]1. The number of alkyl halides is 3. The molecule has 3 aromatic rings. The van der Waals surface area contributed by atoms with Crippen molar-refractivity contribution in [2.75, 3.05) is 0 Å². The van der Waals surface area contributed by atoms with Crippen molar-refractivity contribution >= 4 is 11.6 Å². The van der Waals surface area contributed by atoms with Gasteiger partial charge in [-0.25, -0.2) is 4.98 Å². The minimum Gasteiger partial charge on any atom is -0.343 e. The molecule has 2 N–H and O–H groups in total. The molecule has 0 bridgehead atoms. The van der Waals surface area contributed by atoms with E-state index >= 15 is 0 Å². The molecule has 10 heteroatoms. The molecule has 0 atom stereocenters. The van der Waals surface area contributed by atoms with Gasteiger partial charge in [-0.15, -0.1) is 10.2 Å². The van der Waals surface area contributed by atoms with Crippen LogP contribution in [0.1, 0.15) is 21.9 Å². The second kappa shape index (κ2) is 5.13. The number of H-pyrrole nitrogens is 1. The number of rotatable bonds is 3. The first-order valence-corrected chi connectivity index (χ1v) is 6.12. The molecular formula is C12H9F3N6O. The average molecular weight is 310 g/mol. The summed E-state index contributed by atoms with van der Waals surface area (Å²) in [6.07, 6.45) is -0.508. The lowest BCUT2D eigenvalue weighted by atomic mass is 10.2. The van der Waals surface area contributed by atoms with Crippen LogP contribution in [0.2, 0.25) is 0 Å². The fraction of sp³-hybridized carbons (Fsp3) is 0.167. The predicted octanol–water partition coefficient (Wildman–Crippen LogP) is 1.40. The molecule has 3 rings (SSSR count). The first-order chi connectivity index (χ1) is 10.4. The number of pyridine rings is 1. The summed E-state index contributed by atoms with van der Waals surface area (Å²) in [5.74, 6) is -0.0854. The molecule has 1 amide bonds. The molecule has 0 spiro atoms. The number of carbonyl (C=O) groups is 1. The molecule has 114 valence electrons. The summed E-state index contributed by atoms with van der Waals surface area (Å²) in [4.78, 5) is 18.1. The molecule has 0 radical (unpaired) electrons. The molecule has 0 aliphatic heterocycles. The standard InChI is InChI=1S/C12H9F3N6O/c13-12(14,15)7-1-2-21-9(3-7)19-20-10(21)5-17-11(22)8-4-16-6-18-8/h1-4,6H,5H2,(H,16,18)(H,17,22). The largest absolute Gasteiger partial charge is 0.416 e. The van der Waals surface area contributed by atoms with Crippen molar-refractivity contribution in [2.24, 2.45) is 0 Å². The van der Waals surface area contributed by atoms with E-state index < -0.39 is 17.6 Å². The van der Waals surface area contributed by atoms with E-state index in [-0.39, 0.29) is 17.9 Å². The summed E-state index contributed by atoms with van der Waals surface area (Å²) in [7, 11) is 0. The number of imidazole rings is 1. The highest BCUT2D eigenvalue weighted by atomic mass is 19.4. The Balaban J connectivity index is 1.79. The quantitative estimate of drug-likeness (QED) is 0.765. The third-order valence-corrected chi connectivity index (χ3v) is 2.96. The van der Waals surface area contributed by atoms with Gasteiger partial charge in [0.15, 0.2) is 11.5 Å². The van der Waals surface area contributed by atoms with Crippen LogP contribution >= 0.6 is 0 Å². The Morgan fingerprint density at radius 3 is 2.86 bits per heavy atom. The van der Waals surface area contributed by atoms with Crippen molar-refractivity contribution in [3.63, 3.8) is 0 Å². The number of aromatic amines is 1. The first-order valence-electron chi connectivity index (χ1n) is 6.12. The number of carbonyl (C=O) groups excluding carboxylic acids is 1. The fourth-order valence-electron chi connectivity index (χ4n) is 1.87. The number of nitrogens with one attached hydrogen (secondary N) is 2. The topological polar surface area (TPSA) is 88.0 Å². The van der Waals surface area contributed by atoms with Crippen LogP contribution in [0.3, 0.4) is 0 Å². The molecule has 0 saturated heterocycles. The van der Waals surface area contributed by atoms with Crippen molar-refractivity contribution in [3.8, 4) is 0 Å². The smallest absolute Gasteiger partial charge is 0.343 e. The number of fused-ring (bicyclic) bond motifs is 1. The van der Waals surface area contributed by atoms with E-state index in [1.165, 1.54) is 23.1 Å². The van der Waals surface area contributed by atoms with Crippen molar-refractivity contribution < 1.29 is 18.0 Å². The Kier molecular flexibility index (Phi) is 3.28. The summed E-state index contributed by atoms with van der Waals surface area (Å²) >= 11 is 0. The van der Waals surface area contributed by atoms with E-state index in [2.05, 4.69) is 25.5 Å². The van der Waals surface area contributed by atoms with Gasteiger partial charge >= 0.3 is 6.18 Å². The average Bonchev–Trinajstić information content (AvgIpc) is 3.13. The van der Waals surface area contributed by atoms with Crippen LogP contribution in [0.25, 0.3) is 5.65 Å². The van der Waals surface area contributed by atoms with Gasteiger partial charge in [-0.2, -0.15) is 13.2 Å². The number of aromatic nitrogens is 5. The molecule has 3 heterocycles. The number of hydrogen-bond acceptors (Lipinski definition) is 4. The van der Waals surface area contributed by atoms with Crippen molar-refractivity contribution in [1.82, 2.24) is 29.9 Å². The van der Waals surface area contributed by atoms with E-state index in [0.717, 1.165) is 12.1 Å². The van der Waals surface area contributed by atoms with Crippen LogP contribution in [0, 0.1) is 0 Å². The van der Waals surface area contributed by atoms with Gasteiger partial charge in [-0.3, -0.25) is 9.20 Å². The number of halogens is 3. The van der Waals surface area contributed by atoms with Crippen molar-refractivity contribution in [3.05, 3.63) is 47.9 Å². The van der Waals surface area contributed by atoms with E-state index in [1.54, 1.807) is 0 Å². The minimum absolute atomic E-state index is 0.0182. The maximum atomic E-state index is 12.6. The van der Waals surface area contributed by atoms with Gasteiger partial charge in [0.1, 0.15) is 5.69 Å². The summed E-state index contributed by atoms with van der Waals surface area (Å²) < 4.78 is 39.2. The highest BCUT2D eigenvalue weighted by Gasteiger charge is 2.31. The summed E-state index contributed by atoms with van der Waals surface area (Å²) in [6, 6.07) is 1.82. The van der Waals surface area contributed by atoms with Crippen LogP contribution in [0.5, 0.6) is 0 Å². The molecule has 7 nitrogen and oxygen atoms in total. The van der Waals surface area contributed by atoms with E-state index in [4.69, 9.17) is 0 Å². The van der Waals surface area contributed by atoms with Gasteiger partial charge in [0.2, 0.25) is 0 Å². The zero-order valence-electron chi connectivity index (χ0n) is 10.9. The van der Waals surface area contributed by atoms with E-state index in [9.17, 15) is 18.0 Å². The Morgan fingerprint density at radius 1 is 1.36 bits per heavy atom. The molecule has 0 unspecified atom stereocenters. The second-order valence-electron chi connectivity index (χ2n) is 4.41. The fourth-order valence-corrected chi connectivity index (χ4v) is 1.87. The summed E-state index contributed by atoms with van der Waals surface area (Å²) in [6.45, 7) is 0.0182. The van der Waals surface area contributed by atoms with Crippen LogP contribution in [0.15, 0.2) is 30.9 Å². The van der Waals surface area contributed by atoms with Crippen LogP contribution in [-0.2, 0) is 12.7 Å². The van der Waals surface area contributed by atoms with E-state index in [0.29, 0.717) is 5.82 Å². The monoisotopic (exact) mass is 310 g/mol. The Bertz CT molecular complexity index is 808. The molecule has 0 fully saturated rings. The molecule has 0 aromatic carbocycles. The molecule has 22 heavy (non-hydrogen) atoms. The van der Waals surface area contributed by atoms with Crippen molar-refractivity contribution in [1.29, 1.82) is 0 Å². The number of hydrogen-bond donors (Lipinski definition) is 2. The zero-order chi connectivity index (χ0) is 15.7. The summed E-state index contributed by atoms with van der Waals surface area (Å²) in [5, 5.41) is 10.0. The second-order valence-corrected chi connectivity index (χ2v) is 4.41. The molecule has 0 saturated carbocycles. The Morgan fingerprint density at radius 2 is 2.18 bits per heavy atom. The van der Waals surface area contributed by atoms with Crippen LogP contribution in [-0.4, -0.2) is 30.5 Å². The van der Waals surface area contributed by atoms with Gasteiger partial charge in [-0.1, -0.05) is 0 Å². The van der Waals surface area contributed by atoms with Crippen LogP contribution < -0.4 is 5.32 Å². The molecule has 0 aliphatic carbocycles. The van der Waals surface area contributed by atoms with Gasteiger partial charge in [0.25, 0.3) is 5.91 Å². The lowest BCUT2D eigenvalue weighted by molar-refractivity contribution is -0.137. The lowest BCUT2D eigenvalue weighted by Crippen LogP contribution is -2.24. The summed E-state index contributed by atoms with van der Waals surface area (Å²) in [5.41, 5.74) is -0.478. The highest BCUT2D eigenvalue weighted by Crippen LogP contribution is 2.29. The number of nitrogens with zero attached hydrogens (tertiary/aromatic N) is 4. The lowest BCUT2D eigenvalue weighted by Gasteiger charge is -2.07. The van der Waals surface area contributed by atoms with E-state index in [1.807, 2.05) is 0 Å². The highest BCUT2D eigenvalue weighted by molar-refractivity contribution is 5.91. The molecule has 3 aromatic heterocycles. The third kappa shape index (κ3) is 2.62. The van der Waals surface area contributed by atoms with Gasteiger partial charge < -0.3 is 10.3 Å². The normalized spacial score (nSPS) is 11.8. The predicted molar refractivity (Wildman–Crippen MR) is 67.7 cm³/mol. The van der Waals surface area contributed by atoms with Gasteiger partial charge in [0, 0.05) is 6.20 Å². The zero-order valence-corrected chi connectivity index (χ0v) is 10.9. The Labute approximate surface area is 121 Å². The van der Waals surface area contributed by atoms with Gasteiger partial charge in [-0.05, 0) is 12.1 Å². The van der Waals surface area contributed by atoms with Crippen molar-refractivity contribution in [2.45, 2.75) is 12.7 Å². The van der Waals surface area contributed by atoms with Crippen LogP contribution in [0.4, 0.5) is 13.2 Å². The maximum absolute atomic E-state index is 12.6. The molecule has 0 aliphatic rings. The number of amides is 1. The molecular weight excluding hydrogens is 301 g/mol. The maximum Gasteiger partial charge on any atom is 0.416 e. The minimum atomic E-state index is -4.44. The first kappa shape index (κ1) is 14.0.